The minimum Gasteiger partial charge on any atom is -0.317 e. The monoisotopic (exact) mass is 233 g/mol. The first-order valence-corrected chi connectivity index (χ1v) is 7.09. The highest BCUT2D eigenvalue weighted by atomic mass is 15.3. The number of aromatic nitrogens is 2. The summed E-state index contributed by atoms with van der Waals surface area (Å²) < 4.78 is 2.28. The van der Waals surface area contributed by atoms with Gasteiger partial charge in [0.25, 0.3) is 0 Å². The zero-order valence-corrected chi connectivity index (χ0v) is 11.0. The number of nitrogens with zero attached hydrogens (tertiary/aromatic N) is 2. The first-order valence-electron chi connectivity index (χ1n) is 7.09. The van der Waals surface area contributed by atoms with E-state index in [-0.39, 0.29) is 0 Å². The summed E-state index contributed by atoms with van der Waals surface area (Å²) in [6.45, 7) is 7.86. The topological polar surface area (TPSA) is 29.9 Å². The van der Waals surface area contributed by atoms with Crippen molar-refractivity contribution < 1.29 is 0 Å². The van der Waals surface area contributed by atoms with Crippen LogP contribution in [0.2, 0.25) is 0 Å². The van der Waals surface area contributed by atoms with Crippen LogP contribution in [0.1, 0.15) is 61.4 Å². The van der Waals surface area contributed by atoms with Gasteiger partial charge in [0.15, 0.2) is 0 Å². The summed E-state index contributed by atoms with van der Waals surface area (Å²) in [7, 11) is 0. The van der Waals surface area contributed by atoms with Gasteiger partial charge in [-0.3, -0.25) is 4.68 Å². The Labute approximate surface area is 104 Å². The van der Waals surface area contributed by atoms with Crippen molar-refractivity contribution in [3.8, 4) is 0 Å². The van der Waals surface area contributed by atoms with Crippen molar-refractivity contribution in [3.63, 3.8) is 0 Å². The van der Waals surface area contributed by atoms with Crippen LogP contribution in [-0.4, -0.2) is 22.9 Å². The molecule has 0 unspecified atom stereocenters. The van der Waals surface area contributed by atoms with Gasteiger partial charge >= 0.3 is 0 Å². The van der Waals surface area contributed by atoms with E-state index in [2.05, 4.69) is 23.8 Å². The predicted molar refractivity (Wildman–Crippen MR) is 69.5 cm³/mol. The van der Waals surface area contributed by atoms with Crippen LogP contribution in [-0.2, 0) is 6.54 Å². The third-order valence-electron chi connectivity index (χ3n) is 4.26. The molecule has 0 atom stereocenters. The largest absolute Gasteiger partial charge is 0.317 e. The van der Waals surface area contributed by atoms with Gasteiger partial charge in [-0.25, -0.2) is 0 Å². The zero-order chi connectivity index (χ0) is 11.8. The molecule has 1 aromatic heterocycles. The minimum atomic E-state index is 0.733. The maximum Gasteiger partial charge on any atom is 0.0687 e. The highest BCUT2D eigenvalue weighted by molar-refractivity contribution is 5.32. The van der Waals surface area contributed by atoms with Crippen LogP contribution in [0.5, 0.6) is 0 Å². The fourth-order valence-electron chi connectivity index (χ4n) is 3.18. The summed E-state index contributed by atoms with van der Waals surface area (Å²) in [5.74, 6) is 1.51. The van der Waals surface area contributed by atoms with Gasteiger partial charge in [0.1, 0.15) is 0 Å². The summed E-state index contributed by atoms with van der Waals surface area (Å²) in [5.41, 5.74) is 4.44. The van der Waals surface area contributed by atoms with Gasteiger partial charge in [0.05, 0.1) is 5.69 Å². The van der Waals surface area contributed by atoms with Gasteiger partial charge in [0, 0.05) is 24.1 Å². The molecule has 0 radical (unpaired) electrons. The van der Waals surface area contributed by atoms with E-state index in [1.54, 1.807) is 0 Å². The molecule has 2 fully saturated rings. The van der Waals surface area contributed by atoms with Crippen molar-refractivity contribution in [2.24, 2.45) is 0 Å². The molecule has 1 N–H and O–H groups in total. The first kappa shape index (κ1) is 11.3. The zero-order valence-electron chi connectivity index (χ0n) is 11.0. The van der Waals surface area contributed by atoms with Crippen LogP contribution in [0.3, 0.4) is 0 Å². The van der Waals surface area contributed by atoms with Crippen molar-refractivity contribution in [2.45, 2.75) is 57.9 Å². The molecule has 1 saturated carbocycles. The Morgan fingerprint density at radius 2 is 1.88 bits per heavy atom. The fourth-order valence-corrected chi connectivity index (χ4v) is 3.18. The van der Waals surface area contributed by atoms with E-state index in [1.165, 1.54) is 42.6 Å². The number of rotatable bonds is 3. The fraction of sp³-hybridized carbons (Fsp3) is 0.786. The molecule has 0 bridgehead atoms. The standard InChI is InChI=1S/C14H23N3/c1-3-17-14(12-6-8-15-9-7-12)10(2)13(16-17)11-4-5-11/h11-12,15H,3-9H2,1-2H3. The maximum atomic E-state index is 4.86. The quantitative estimate of drug-likeness (QED) is 0.869. The molecule has 2 aliphatic rings. The molecule has 94 valence electrons. The second-order valence-electron chi connectivity index (χ2n) is 5.51. The van der Waals surface area contributed by atoms with E-state index in [0.717, 1.165) is 31.5 Å². The molecule has 3 rings (SSSR count). The lowest BCUT2D eigenvalue weighted by atomic mass is 9.91. The Balaban J connectivity index is 1.94. The second-order valence-corrected chi connectivity index (χ2v) is 5.51. The average molecular weight is 233 g/mol. The third kappa shape index (κ3) is 2.01. The van der Waals surface area contributed by atoms with Crippen LogP contribution >= 0.6 is 0 Å². The van der Waals surface area contributed by atoms with Crippen molar-refractivity contribution in [2.75, 3.05) is 13.1 Å². The molecule has 2 heterocycles. The van der Waals surface area contributed by atoms with Crippen LogP contribution in [0.4, 0.5) is 0 Å². The van der Waals surface area contributed by atoms with Crippen LogP contribution < -0.4 is 5.32 Å². The van der Waals surface area contributed by atoms with Gasteiger partial charge in [-0.2, -0.15) is 5.10 Å². The normalized spacial score (nSPS) is 22.0. The Morgan fingerprint density at radius 1 is 1.18 bits per heavy atom. The van der Waals surface area contributed by atoms with E-state index < -0.39 is 0 Å². The maximum absolute atomic E-state index is 4.86. The molecule has 1 saturated heterocycles. The Hall–Kier alpha value is -0.830. The molecule has 0 amide bonds. The summed E-state index contributed by atoms with van der Waals surface area (Å²) >= 11 is 0. The number of aryl methyl sites for hydroxylation is 1. The average Bonchev–Trinajstić information content (AvgIpc) is 3.15. The van der Waals surface area contributed by atoms with Crippen LogP contribution in [0.25, 0.3) is 0 Å². The highest BCUT2D eigenvalue weighted by Crippen LogP contribution is 2.43. The summed E-state index contributed by atoms with van der Waals surface area (Å²) in [6.07, 6.45) is 5.26. The Kier molecular flexibility index (Phi) is 2.95. The van der Waals surface area contributed by atoms with Gasteiger partial charge < -0.3 is 5.32 Å². The molecule has 3 nitrogen and oxygen atoms in total. The van der Waals surface area contributed by atoms with E-state index in [4.69, 9.17) is 5.10 Å². The smallest absolute Gasteiger partial charge is 0.0687 e. The molecule has 3 heteroatoms. The second kappa shape index (κ2) is 4.45. The molecule has 1 aliphatic heterocycles. The van der Waals surface area contributed by atoms with Gasteiger partial charge in [0.2, 0.25) is 0 Å². The van der Waals surface area contributed by atoms with E-state index in [0.29, 0.717) is 0 Å². The van der Waals surface area contributed by atoms with Gasteiger partial charge in [-0.05, 0) is 58.2 Å². The lowest BCUT2D eigenvalue weighted by Crippen LogP contribution is -2.28. The molecule has 0 spiro atoms. The molecular weight excluding hydrogens is 210 g/mol. The van der Waals surface area contributed by atoms with E-state index >= 15 is 0 Å². The Bertz CT molecular complexity index is 398. The lowest BCUT2D eigenvalue weighted by molar-refractivity contribution is 0.431. The predicted octanol–water partition coefficient (Wildman–Crippen LogP) is 2.56. The number of nitrogens with one attached hydrogen (secondary N) is 1. The summed E-state index contributed by atoms with van der Waals surface area (Å²) in [6, 6.07) is 0. The summed E-state index contributed by atoms with van der Waals surface area (Å²) in [5, 5.41) is 8.32. The summed E-state index contributed by atoms with van der Waals surface area (Å²) in [4.78, 5) is 0. The minimum absolute atomic E-state index is 0.733. The van der Waals surface area contributed by atoms with Crippen molar-refractivity contribution >= 4 is 0 Å². The number of piperidine rings is 1. The lowest BCUT2D eigenvalue weighted by Gasteiger charge is -2.24. The number of hydrogen-bond acceptors (Lipinski definition) is 2. The van der Waals surface area contributed by atoms with Crippen LogP contribution in [0.15, 0.2) is 0 Å². The van der Waals surface area contributed by atoms with Gasteiger partial charge in [-0.1, -0.05) is 0 Å². The van der Waals surface area contributed by atoms with Crippen LogP contribution in [0, 0.1) is 6.92 Å². The molecule has 17 heavy (non-hydrogen) atoms. The van der Waals surface area contributed by atoms with Crippen molar-refractivity contribution in [1.82, 2.24) is 15.1 Å². The van der Waals surface area contributed by atoms with Crippen molar-refractivity contribution in [3.05, 3.63) is 17.0 Å². The first-order chi connectivity index (χ1) is 8.31. The molecule has 0 aromatic carbocycles. The number of hydrogen-bond donors (Lipinski definition) is 1. The van der Waals surface area contributed by atoms with Gasteiger partial charge in [-0.15, -0.1) is 0 Å². The van der Waals surface area contributed by atoms with E-state index in [1.807, 2.05) is 0 Å². The molecular formula is C14H23N3. The highest BCUT2D eigenvalue weighted by Gasteiger charge is 2.32. The Morgan fingerprint density at radius 3 is 2.47 bits per heavy atom. The molecule has 1 aromatic rings. The molecule has 1 aliphatic carbocycles. The van der Waals surface area contributed by atoms with E-state index in [9.17, 15) is 0 Å². The SMILES string of the molecule is CCn1nc(C2CC2)c(C)c1C1CCNCC1. The third-order valence-corrected chi connectivity index (χ3v) is 4.26. The van der Waals surface area contributed by atoms with Crippen molar-refractivity contribution in [1.29, 1.82) is 0 Å².